The summed E-state index contributed by atoms with van der Waals surface area (Å²) in [6.07, 6.45) is 0.831. The minimum Gasteiger partial charge on any atom is -0.494 e. The van der Waals surface area contributed by atoms with Crippen LogP contribution in [0.2, 0.25) is 5.02 Å². The Labute approximate surface area is 182 Å². The van der Waals surface area contributed by atoms with Gasteiger partial charge in [0.1, 0.15) is 5.75 Å². The van der Waals surface area contributed by atoms with Crippen LogP contribution in [0.15, 0.2) is 48.5 Å². The lowest BCUT2D eigenvalue weighted by atomic mass is 10.1. The van der Waals surface area contributed by atoms with Crippen molar-refractivity contribution in [2.45, 2.75) is 32.4 Å². The fraction of sp³-hybridized carbons (Fsp3) is 0.391. The van der Waals surface area contributed by atoms with Gasteiger partial charge in [0.05, 0.1) is 19.1 Å². The quantitative estimate of drug-likeness (QED) is 0.643. The molecule has 30 heavy (non-hydrogen) atoms. The van der Waals surface area contributed by atoms with Crippen molar-refractivity contribution in [1.29, 1.82) is 0 Å². The van der Waals surface area contributed by atoms with Gasteiger partial charge in [-0.2, -0.15) is 0 Å². The molecule has 3 rings (SSSR count). The number of benzene rings is 2. The molecule has 1 aliphatic rings. The number of nitrogens with one attached hydrogen (secondary N) is 2. The van der Waals surface area contributed by atoms with Crippen LogP contribution < -0.4 is 15.4 Å². The van der Waals surface area contributed by atoms with Crippen molar-refractivity contribution in [3.63, 3.8) is 0 Å². The Morgan fingerprint density at radius 3 is 2.77 bits per heavy atom. The van der Waals surface area contributed by atoms with Crippen molar-refractivity contribution in [3.8, 4) is 5.75 Å². The number of halogens is 1. The molecule has 0 bridgehead atoms. The van der Waals surface area contributed by atoms with Crippen molar-refractivity contribution in [1.82, 2.24) is 15.5 Å². The summed E-state index contributed by atoms with van der Waals surface area (Å²) in [6, 6.07) is 15.0. The predicted molar refractivity (Wildman–Crippen MR) is 118 cm³/mol. The van der Waals surface area contributed by atoms with Crippen LogP contribution in [0.25, 0.3) is 0 Å². The topological polar surface area (TPSA) is 70.7 Å². The first-order valence-corrected chi connectivity index (χ1v) is 10.7. The van der Waals surface area contributed by atoms with Gasteiger partial charge in [-0.15, -0.1) is 0 Å². The van der Waals surface area contributed by atoms with E-state index in [0.29, 0.717) is 44.2 Å². The van der Waals surface area contributed by atoms with Gasteiger partial charge < -0.3 is 15.4 Å². The Morgan fingerprint density at radius 1 is 1.23 bits per heavy atom. The van der Waals surface area contributed by atoms with Gasteiger partial charge in [0.25, 0.3) is 0 Å². The van der Waals surface area contributed by atoms with Gasteiger partial charge >= 0.3 is 0 Å². The number of amides is 2. The van der Waals surface area contributed by atoms with Crippen LogP contribution >= 0.6 is 11.6 Å². The van der Waals surface area contributed by atoms with Gasteiger partial charge in [-0.25, -0.2) is 0 Å². The largest absolute Gasteiger partial charge is 0.494 e. The molecule has 0 radical (unpaired) electrons. The molecular weight excluding hydrogens is 402 g/mol. The maximum atomic E-state index is 12.5. The molecule has 0 aromatic heterocycles. The molecule has 0 aliphatic carbocycles. The Morgan fingerprint density at radius 2 is 2.03 bits per heavy atom. The molecule has 6 nitrogen and oxygen atoms in total. The van der Waals surface area contributed by atoms with E-state index in [0.717, 1.165) is 16.9 Å². The molecule has 1 atom stereocenters. The van der Waals surface area contributed by atoms with Gasteiger partial charge in [0.2, 0.25) is 11.8 Å². The first kappa shape index (κ1) is 22.1. The van der Waals surface area contributed by atoms with E-state index in [1.165, 1.54) is 0 Å². The lowest BCUT2D eigenvalue weighted by Crippen LogP contribution is -2.56. The van der Waals surface area contributed by atoms with Gasteiger partial charge in [-0.3, -0.25) is 14.5 Å². The third-order valence-corrected chi connectivity index (χ3v) is 5.30. The Kier molecular flexibility index (Phi) is 8.11. The van der Waals surface area contributed by atoms with E-state index < -0.39 is 6.04 Å². The van der Waals surface area contributed by atoms with Crippen molar-refractivity contribution in [3.05, 3.63) is 64.7 Å². The molecule has 7 heteroatoms. The van der Waals surface area contributed by atoms with Crippen LogP contribution in [-0.2, 0) is 22.6 Å². The van der Waals surface area contributed by atoms with Gasteiger partial charge in [-0.1, -0.05) is 35.9 Å². The fourth-order valence-corrected chi connectivity index (χ4v) is 3.76. The summed E-state index contributed by atoms with van der Waals surface area (Å²) in [6.45, 7) is 4.99. The second-order valence-corrected chi connectivity index (χ2v) is 7.72. The molecule has 1 saturated heterocycles. The smallest absolute Gasteiger partial charge is 0.237 e. The SMILES string of the molecule is CCOc1ccc(CN2CCNC(=O)C2CC(=O)NCCc2cccc(Cl)c2)cc1. The van der Waals surface area contributed by atoms with Crippen LogP contribution in [0, 0.1) is 0 Å². The van der Waals surface area contributed by atoms with Crippen molar-refractivity contribution in [2.24, 2.45) is 0 Å². The summed E-state index contributed by atoms with van der Waals surface area (Å²) in [5, 5.41) is 6.47. The lowest BCUT2D eigenvalue weighted by Gasteiger charge is -2.34. The first-order chi connectivity index (χ1) is 14.5. The number of hydrogen-bond acceptors (Lipinski definition) is 4. The van der Waals surface area contributed by atoms with Crippen molar-refractivity contribution in [2.75, 3.05) is 26.2 Å². The number of rotatable bonds is 9. The first-order valence-electron chi connectivity index (χ1n) is 10.3. The number of ether oxygens (including phenoxy) is 1. The summed E-state index contributed by atoms with van der Waals surface area (Å²) in [5.41, 5.74) is 2.15. The van der Waals surface area contributed by atoms with Crippen LogP contribution in [0.3, 0.4) is 0 Å². The van der Waals surface area contributed by atoms with E-state index in [-0.39, 0.29) is 18.2 Å². The van der Waals surface area contributed by atoms with E-state index in [9.17, 15) is 9.59 Å². The molecule has 1 aliphatic heterocycles. The average Bonchev–Trinajstić information content (AvgIpc) is 2.72. The second kappa shape index (κ2) is 11.0. The van der Waals surface area contributed by atoms with Gasteiger partial charge in [0.15, 0.2) is 0 Å². The highest BCUT2D eigenvalue weighted by atomic mass is 35.5. The number of piperazine rings is 1. The van der Waals surface area contributed by atoms with Gasteiger partial charge in [0, 0.05) is 31.2 Å². The molecule has 2 aromatic carbocycles. The zero-order valence-electron chi connectivity index (χ0n) is 17.2. The summed E-state index contributed by atoms with van der Waals surface area (Å²) < 4.78 is 5.48. The van der Waals surface area contributed by atoms with Crippen LogP contribution in [0.4, 0.5) is 0 Å². The monoisotopic (exact) mass is 429 g/mol. The summed E-state index contributed by atoms with van der Waals surface area (Å²) >= 11 is 5.99. The average molecular weight is 430 g/mol. The van der Waals surface area contributed by atoms with E-state index in [1.807, 2.05) is 55.5 Å². The molecule has 2 aromatic rings. The molecule has 1 unspecified atom stereocenters. The van der Waals surface area contributed by atoms with E-state index in [4.69, 9.17) is 16.3 Å². The third-order valence-electron chi connectivity index (χ3n) is 5.07. The fourth-order valence-electron chi connectivity index (χ4n) is 3.55. The Balaban J connectivity index is 1.53. The van der Waals surface area contributed by atoms with Crippen molar-refractivity contribution >= 4 is 23.4 Å². The second-order valence-electron chi connectivity index (χ2n) is 7.29. The molecule has 160 valence electrons. The normalized spacial score (nSPS) is 16.7. The molecule has 2 N–H and O–H groups in total. The molecule has 1 heterocycles. The maximum absolute atomic E-state index is 12.5. The Bertz CT molecular complexity index is 857. The highest BCUT2D eigenvalue weighted by Gasteiger charge is 2.31. The zero-order chi connectivity index (χ0) is 21.3. The van der Waals surface area contributed by atoms with Crippen molar-refractivity contribution < 1.29 is 14.3 Å². The van der Waals surface area contributed by atoms with Crippen LogP contribution in [-0.4, -0.2) is 49.0 Å². The zero-order valence-corrected chi connectivity index (χ0v) is 18.0. The number of hydrogen-bond donors (Lipinski definition) is 2. The Hall–Kier alpha value is -2.57. The lowest BCUT2D eigenvalue weighted by molar-refractivity contribution is -0.134. The van der Waals surface area contributed by atoms with Crippen LogP contribution in [0.1, 0.15) is 24.5 Å². The molecule has 1 fully saturated rings. The summed E-state index contributed by atoms with van der Waals surface area (Å²) in [7, 11) is 0. The highest BCUT2D eigenvalue weighted by molar-refractivity contribution is 6.30. The standard InChI is InChI=1S/C23H28ClN3O3/c1-2-30-20-8-6-18(7-9-20)16-27-13-12-26-23(29)21(27)15-22(28)25-11-10-17-4-3-5-19(24)14-17/h3-9,14,21H,2,10-13,15-16H2,1H3,(H,25,28)(H,26,29). The van der Waals surface area contributed by atoms with E-state index in [1.54, 1.807) is 0 Å². The molecular formula is C23H28ClN3O3. The third kappa shape index (κ3) is 6.47. The summed E-state index contributed by atoms with van der Waals surface area (Å²) in [4.78, 5) is 27.0. The minimum absolute atomic E-state index is 0.0998. The van der Waals surface area contributed by atoms with E-state index in [2.05, 4.69) is 15.5 Å². The summed E-state index contributed by atoms with van der Waals surface area (Å²) in [5.74, 6) is 0.598. The highest BCUT2D eigenvalue weighted by Crippen LogP contribution is 2.17. The minimum atomic E-state index is -0.475. The molecule has 2 amide bonds. The molecule has 0 spiro atoms. The van der Waals surface area contributed by atoms with Crippen LogP contribution in [0.5, 0.6) is 5.75 Å². The molecule has 0 saturated carbocycles. The predicted octanol–water partition coefficient (Wildman–Crippen LogP) is 2.79. The van der Waals surface area contributed by atoms with E-state index >= 15 is 0 Å². The number of carbonyl (C=O) groups is 2. The maximum Gasteiger partial charge on any atom is 0.237 e. The number of carbonyl (C=O) groups excluding carboxylic acids is 2. The number of nitrogens with zero attached hydrogens (tertiary/aromatic N) is 1. The van der Waals surface area contributed by atoms with Gasteiger partial charge in [-0.05, 0) is 48.7 Å².